The van der Waals surface area contributed by atoms with E-state index in [2.05, 4.69) is 40.1 Å². The number of hydrogen-bond donors (Lipinski definition) is 2. The van der Waals surface area contributed by atoms with Crippen molar-refractivity contribution in [1.29, 1.82) is 0 Å². The van der Waals surface area contributed by atoms with Crippen LogP contribution in [-0.4, -0.2) is 47.6 Å². The third kappa shape index (κ3) is 3.91. The van der Waals surface area contributed by atoms with Crippen LogP contribution >= 0.6 is 0 Å². The van der Waals surface area contributed by atoms with E-state index >= 15 is 0 Å². The van der Waals surface area contributed by atoms with Crippen molar-refractivity contribution in [1.82, 2.24) is 9.80 Å². The highest BCUT2D eigenvalue weighted by molar-refractivity contribution is 5.35. The number of benzene rings is 2. The Balaban J connectivity index is 1.60. The molecule has 0 amide bonds. The van der Waals surface area contributed by atoms with E-state index in [1.54, 1.807) is 6.07 Å². The number of nitrogens with zero attached hydrogens (tertiary/aromatic N) is 2. The summed E-state index contributed by atoms with van der Waals surface area (Å²) in [7, 11) is 0. The second-order valence-electron chi connectivity index (χ2n) is 6.11. The number of piperazine rings is 1. The molecule has 0 spiro atoms. The number of aromatic hydroxyl groups is 1. The van der Waals surface area contributed by atoms with E-state index in [1.165, 1.54) is 5.56 Å². The molecule has 1 aliphatic rings. The van der Waals surface area contributed by atoms with Crippen molar-refractivity contribution in [2.45, 2.75) is 12.6 Å². The van der Waals surface area contributed by atoms with Crippen molar-refractivity contribution >= 4 is 0 Å². The topological polar surface area (TPSA) is 52.7 Å². The summed E-state index contributed by atoms with van der Waals surface area (Å²) in [4.78, 5) is 4.86. The van der Waals surface area contributed by atoms with Gasteiger partial charge in [0.25, 0.3) is 0 Å². The van der Waals surface area contributed by atoms with Crippen molar-refractivity contribution in [2.24, 2.45) is 5.73 Å². The minimum Gasteiger partial charge on any atom is -0.508 e. The van der Waals surface area contributed by atoms with E-state index in [1.807, 2.05) is 18.2 Å². The summed E-state index contributed by atoms with van der Waals surface area (Å²) < 4.78 is 0. The molecule has 1 fully saturated rings. The predicted molar refractivity (Wildman–Crippen MR) is 93.2 cm³/mol. The zero-order chi connectivity index (χ0) is 16.1. The van der Waals surface area contributed by atoms with Crippen molar-refractivity contribution in [3.05, 3.63) is 65.7 Å². The summed E-state index contributed by atoms with van der Waals surface area (Å²) in [5.74, 6) is 0.342. The van der Waals surface area contributed by atoms with Crippen LogP contribution in [0.4, 0.5) is 0 Å². The van der Waals surface area contributed by atoms with Crippen LogP contribution in [-0.2, 0) is 6.54 Å². The van der Waals surface area contributed by atoms with E-state index in [4.69, 9.17) is 5.73 Å². The largest absolute Gasteiger partial charge is 0.508 e. The van der Waals surface area contributed by atoms with Gasteiger partial charge < -0.3 is 10.8 Å². The maximum atomic E-state index is 10.1. The molecule has 2 aromatic rings. The molecule has 0 aromatic heterocycles. The molecule has 122 valence electrons. The summed E-state index contributed by atoms with van der Waals surface area (Å²) in [5.41, 5.74) is 8.29. The minimum absolute atomic E-state index is 0.0927. The maximum absolute atomic E-state index is 10.1. The van der Waals surface area contributed by atoms with E-state index in [9.17, 15) is 5.11 Å². The summed E-state index contributed by atoms with van der Waals surface area (Å²) >= 11 is 0. The first kappa shape index (κ1) is 16.0. The van der Waals surface area contributed by atoms with Crippen LogP contribution in [0.2, 0.25) is 0 Å². The quantitative estimate of drug-likeness (QED) is 0.889. The number of rotatable bonds is 5. The number of para-hydroxylation sites is 1. The molecule has 2 aromatic carbocycles. The van der Waals surface area contributed by atoms with Crippen molar-refractivity contribution in [2.75, 3.05) is 32.7 Å². The Labute approximate surface area is 138 Å². The third-order valence-corrected chi connectivity index (χ3v) is 4.62. The molecule has 1 atom stereocenters. The molecule has 1 heterocycles. The molecule has 1 aliphatic heterocycles. The smallest absolute Gasteiger partial charge is 0.120 e. The van der Waals surface area contributed by atoms with Crippen LogP contribution in [0.1, 0.15) is 17.2 Å². The molecule has 0 saturated carbocycles. The van der Waals surface area contributed by atoms with Crippen LogP contribution in [0.25, 0.3) is 0 Å². The Morgan fingerprint density at radius 3 is 2.22 bits per heavy atom. The molecule has 1 unspecified atom stereocenters. The lowest BCUT2D eigenvalue weighted by Gasteiger charge is -2.39. The molecule has 4 nitrogen and oxygen atoms in total. The van der Waals surface area contributed by atoms with Crippen molar-refractivity contribution < 1.29 is 5.11 Å². The van der Waals surface area contributed by atoms with Gasteiger partial charge in [-0.15, -0.1) is 0 Å². The number of hydrogen-bond acceptors (Lipinski definition) is 4. The summed E-state index contributed by atoms with van der Waals surface area (Å²) in [5, 5.41) is 10.1. The lowest BCUT2D eigenvalue weighted by Crippen LogP contribution is -2.48. The molecule has 1 saturated heterocycles. The van der Waals surface area contributed by atoms with Gasteiger partial charge in [-0.25, -0.2) is 0 Å². The van der Waals surface area contributed by atoms with E-state index in [0.717, 1.165) is 38.3 Å². The molecule has 0 radical (unpaired) electrons. The standard InChI is InChI=1S/C19H25N3O/c20-14-18(17-8-4-5-9-19(17)23)22-12-10-21(11-13-22)15-16-6-2-1-3-7-16/h1-9,18,23H,10-15,20H2. The van der Waals surface area contributed by atoms with Gasteiger partial charge in [-0.2, -0.15) is 0 Å². The van der Waals surface area contributed by atoms with Crippen LogP contribution in [0, 0.1) is 0 Å². The van der Waals surface area contributed by atoms with Gasteiger partial charge in [0.1, 0.15) is 5.75 Å². The Bertz CT molecular complexity index is 609. The molecular weight excluding hydrogens is 286 g/mol. The number of phenolic OH excluding ortho intramolecular Hbond substituents is 1. The van der Waals surface area contributed by atoms with Crippen LogP contribution in [0.5, 0.6) is 5.75 Å². The average molecular weight is 311 g/mol. The number of nitrogens with two attached hydrogens (primary N) is 1. The molecule has 4 heteroatoms. The predicted octanol–water partition coefficient (Wildman–Crippen LogP) is 2.21. The van der Waals surface area contributed by atoms with E-state index in [-0.39, 0.29) is 6.04 Å². The lowest BCUT2D eigenvalue weighted by atomic mass is 10.0. The van der Waals surface area contributed by atoms with E-state index < -0.39 is 0 Å². The van der Waals surface area contributed by atoms with Gasteiger partial charge in [-0.05, 0) is 11.6 Å². The SMILES string of the molecule is NCC(c1ccccc1O)N1CCN(Cc2ccccc2)CC1. The van der Waals surface area contributed by atoms with Crippen LogP contribution in [0.15, 0.2) is 54.6 Å². The molecule has 3 rings (SSSR count). The fourth-order valence-electron chi connectivity index (χ4n) is 3.32. The Morgan fingerprint density at radius 1 is 0.913 bits per heavy atom. The molecule has 3 N–H and O–H groups in total. The third-order valence-electron chi connectivity index (χ3n) is 4.62. The Hall–Kier alpha value is -1.88. The highest BCUT2D eigenvalue weighted by atomic mass is 16.3. The Morgan fingerprint density at radius 2 is 1.57 bits per heavy atom. The fraction of sp³-hybridized carbons (Fsp3) is 0.368. The number of phenols is 1. The average Bonchev–Trinajstić information content (AvgIpc) is 2.59. The zero-order valence-corrected chi connectivity index (χ0v) is 13.4. The van der Waals surface area contributed by atoms with Crippen molar-refractivity contribution in [3.8, 4) is 5.75 Å². The lowest BCUT2D eigenvalue weighted by molar-refractivity contribution is 0.0932. The Kier molecular flexibility index (Phi) is 5.28. The second-order valence-corrected chi connectivity index (χ2v) is 6.11. The molecule has 0 bridgehead atoms. The monoisotopic (exact) mass is 311 g/mol. The van der Waals surface area contributed by atoms with Crippen LogP contribution < -0.4 is 5.73 Å². The maximum Gasteiger partial charge on any atom is 0.120 e. The highest BCUT2D eigenvalue weighted by Crippen LogP contribution is 2.28. The zero-order valence-electron chi connectivity index (χ0n) is 13.4. The molecule has 0 aliphatic carbocycles. The van der Waals surface area contributed by atoms with Crippen molar-refractivity contribution in [3.63, 3.8) is 0 Å². The second kappa shape index (κ2) is 7.59. The summed E-state index contributed by atoms with van der Waals surface area (Å²) in [6, 6.07) is 18.2. The fourth-order valence-corrected chi connectivity index (χ4v) is 3.32. The summed E-state index contributed by atoms with van der Waals surface area (Å²) in [6.07, 6.45) is 0. The van der Waals surface area contributed by atoms with Gasteiger partial charge in [-0.3, -0.25) is 9.80 Å². The summed E-state index contributed by atoms with van der Waals surface area (Å²) in [6.45, 7) is 5.53. The highest BCUT2D eigenvalue weighted by Gasteiger charge is 2.25. The van der Waals surface area contributed by atoms with Gasteiger partial charge in [0.15, 0.2) is 0 Å². The first-order chi connectivity index (χ1) is 11.3. The first-order valence-corrected chi connectivity index (χ1v) is 8.26. The van der Waals surface area contributed by atoms with Gasteiger partial charge in [0, 0.05) is 44.8 Å². The normalized spacial score (nSPS) is 18.0. The van der Waals surface area contributed by atoms with Gasteiger partial charge in [0.2, 0.25) is 0 Å². The molecular formula is C19H25N3O. The first-order valence-electron chi connectivity index (χ1n) is 8.26. The molecule has 23 heavy (non-hydrogen) atoms. The van der Waals surface area contributed by atoms with Gasteiger partial charge in [-0.1, -0.05) is 48.5 Å². The van der Waals surface area contributed by atoms with E-state index in [0.29, 0.717) is 12.3 Å². The minimum atomic E-state index is 0.0927. The van der Waals surface area contributed by atoms with Gasteiger partial charge in [0.05, 0.1) is 6.04 Å². The van der Waals surface area contributed by atoms with Gasteiger partial charge >= 0.3 is 0 Å². The van der Waals surface area contributed by atoms with Crippen LogP contribution in [0.3, 0.4) is 0 Å².